The summed E-state index contributed by atoms with van der Waals surface area (Å²) in [5, 5.41) is 3.57. The van der Waals surface area contributed by atoms with Gasteiger partial charge >= 0.3 is 0 Å². The molecule has 1 unspecified atom stereocenters. The zero-order valence-corrected chi connectivity index (χ0v) is 14.5. The molecular weight excluding hydrogens is 290 g/mol. The van der Waals surface area contributed by atoms with Crippen LogP contribution in [0.5, 0.6) is 11.5 Å². The van der Waals surface area contributed by atoms with Gasteiger partial charge in [0.25, 0.3) is 0 Å². The highest BCUT2D eigenvalue weighted by Gasteiger charge is 2.18. The molecule has 23 heavy (non-hydrogen) atoms. The molecule has 126 valence electrons. The largest absolute Gasteiger partial charge is 0.490 e. The van der Waals surface area contributed by atoms with Gasteiger partial charge in [0.05, 0.1) is 26.0 Å². The highest BCUT2D eigenvalue weighted by Crippen LogP contribution is 2.33. The number of furan rings is 1. The van der Waals surface area contributed by atoms with E-state index in [1.807, 2.05) is 32.0 Å². The average Bonchev–Trinajstić information content (AvgIpc) is 3.03. The second-order valence-corrected chi connectivity index (χ2v) is 5.75. The summed E-state index contributed by atoms with van der Waals surface area (Å²) in [5.74, 6) is 2.98. The van der Waals surface area contributed by atoms with Crippen molar-refractivity contribution in [3.05, 3.63) is 47.9 Å². The van der Waals surface area contributed by atoms with E-state index in [0.717, 1.165) is 17.3 Å². The van der Waals surface area contributed by atoms with Crippen LogP contribution in [0.3, 0.4) is 0 Å². The molecule has 4 heteroatoms. The molecule has 0 radical (unpaired) electrons. The van der Waals surface area contributed by atoms with Crippen molar-refractivity contribution in [2.45, 2.75) is 40.3 Å². The standard InChI is InChI=1S/C19H27NO3/c1-5-21-17-10-9-15(12-18(17)22-6-2)19(14(3)4)20-13-16-8-7-11-23-16/h7-12,14,19-20H,5-6,13H2,1-4H3. The van der Waals surface area contributed by atoms with Crippen LogP contribution in [0.25, 0.3) is 0 Å². The van der Waals surface area contributed by atoms with Crippen molar-refractivity contribution in [3.8, 4) is 11.5 Å². The first kappa shape index (κ1) is 17.4. The van der Waals surface area contributed by atoms with Gasteiger partial charge in [0.2, 0.25) is 0 Å². The minimum absolute atomic E-state index is 0.218. The lowest BCUT2D eigenvalue weighted by Crippen LogP contribution is -2.25. The lowest BCUT2D eigenvalue weighted by atomic mass is 9.95. The van der Waals surface area contributed by atoms with Crippen LogP contribution in [-0.2, 0) is 6.54 Å². The van der Waals surface area contributed by atoms with E-state index in [1.165, 1.54) is 5.56 Å². The molecule has 0 bridgehead atoms. The summed E-state index contributed by atoms with van der Waals surface area (Å²) in [6.07, 6.45) is 1.70. The van der Waals surface area contributed by atoms with Gasteiger partial charge in [0.1, 0.15) is 5.76 Å². The molecule has 0 spiro atoms. The SMILES string of the molecule is CCOc1ccc(C(NCc2ccco2)C(C)C)cc1OCC. The summed E-state index contributed by atoms with van der Waals surface area (Å²) in [6.45, 7) is 10.3. The quantitative estimate of drug-likeness (QED) is 0.736. The second kappa shape index (κ2) is 8.63. The van der Waals surface area contributed by atoms with E-state index in [0.29, 0.717) is 25.7 Å². The van der Waals surface area contributed by atoms with Crippen molar-refractivity contribution in [2.75, 3.05) is 13.2 Å². The van der Waals surface area contributed by atoms with E-state index < -0.39 is 0 Å². The zero-order valence-electron chi connectivity index (χ0n) is 14.5. The highest BCUT2D eigenvalue weighted by atomic mass is 16.5. The summed E-state index contributed by atoms with van der Waals surface area (Å²) in [7, 11) is 0. The summed E-state index contributed by atoms with van der Waals surface area (Å²) >= 11 is 0. The summed E-state index contributed by atoms with van der Waals surface area (Å²) < 4.78 is 16.8. The van der Waals surface area contributed by atoms with Crippen LogP contribution < -0.4 is 14.8 Å². The van der Waals surface area contributed by atoms with Crippen molar-refractivity contribution in [2.24, 2.45) is 5.92 Å². The zero-order chi connectivity index (χ0) is 16.7. The van der Waals surface area contributed by atoms with Gasteiger partial charge in [-0.1, -0.05) is 19.9 Å². The predicted octanol–water partition coefficient (Wildman–Crippen LogP) is 4.56. The van der Waals surface area contributed by atoms with Gasteiger partial charge in [0, 0.05) is 6.04 Å². The maximum atomic E-state index is 5.74. The third kappa shape index (κ3) is 4.76. The van der Waals surface area contributed by atoms with Gasteiger partial charge in [-0.15, -0.1) is 0 Å². The Morgan fingerprint density at radius 3 is 2.39 bits per heavy atom. The molecule has 0 saturated carbocycles. The molecule has 1 aromatic carbocycles. The maximum Gasteiger partial charge on any atom is 0.161 e. The summed E-state index contributed by atoms with van der Waals surface area (Å²) in [4.78, 5) is 0. The van der Waals surface area contributed by atoms with Crippen molar-refractivity contribution in [1.29, 1.82) is 0 Å². The third-order valence-electron chi connectivity index (χ3n) is 3.67. The molecule has 0 aliphatic rings. The van der Waals surface area contributed by atoms with Crippen LogP contribution in [0.1, 0.15) is 45.1 Å². The molecule has 1 N–H and O–H groups in total. The molecule has 1 atom stereocenters. The Balaban J connectivity index is 2.18. The van der Waals surface area contributed by atoms with E-state index in [9.17, 15) is 0 Å². The molecule has 0 aliphatic heterocycles. The molecule has 0 saturated heterocycles. The first-order valence-corrected chi connectivity index (χ1v) is 8.31. The lowest BCUT2D eigenvalue weighted by Gasteiger charge is -2.24. The van der Waals surface area contributed by atoms with Gasteiger partial charge in [0.15, 0.2) is 11.5 Å². The number of rotatable bonds is 9. The van der Waals surface area contributed by atoms with Crippen molar-refractivity contribution >= 4 is 0 Å². The van der Waals surface area contributed by atoms with Crippen molar-refractivity contribution in [3.63, 3.8) is 0 Å². The normalized spacial score (nSPS) is 12.4. The molecule has 0 aliphatic carbocycles. The molecule has 2 rings (SSSR count). The van der Waals surface area contributed by atoms with Crippen LogP contribution in [0, 0.1) is 5.92 Å². The fourth-order valence-corrected chi connectivity index (χ4v) is 2.62. The number of hydrogen-bond donors (Lipinski definition) is 1. The Labute approximate surface area is 138 Å². The Morgan fingerprint density at radius 2 is 1.78 bits per heavy atom. The van der Waals surface area contributed by atoms with E-state index in [2.05, 4.69) is 31.3 Å². The van der Waals surface area contributed by atoms with Crippen LogP contribution in [0.2, 0.25) is 0 Å². The van der Waals surface area contributed by atoms with Crippen molar-refractivity contribution < 1.29 is 13.9 Å². The van der Waals surface area contributed by atoms with Crippen LogP contribution in [-0.4, -0.2) is 13.2 Å². The monoisotopic (exact) mass is 317 g/mol. The third-order valence-corrected chi connectivity index (χ3v) is 3.67. The van der Waals surface area contributed by atoms with Gasteiger partial charge in [-0.05, 0) is 49.6 Å². The fraction of sp³-hybridized carbons (Fsp3) is 0.474. The number of ether oxygens (including phenoxy) is 2. The number of hydrogen-bond acceptors (Lipinski definition) is 4. The Morgan fingerprint density at radius 1 is 1.04 bits per heavy atom. The Bertz CT molecular complexity index is 578. The maximum absolute atomic E-state index is 5.74. The lowest BCUT2D eigenvalue weighted by molar-refractivity contribution is 0.286. The van der Waals surface area contributed by atoms with Gasteiger partial charge in [-0.2, -0.15) is 0 Å². The minimum Gasteiger partial charge on any atom is -0.490 e. The molecule has 4 nitrogen and oxygen atoms in total. The molecule has 0 amide bonds. The summed E-state index contributed by atoms with van der Waals surface area (Å²) in [5.41, 5.74) is 1.19. The average molecular weight is 317 g/mol. The van der Waals surface area contributed by atoms with Crippen LogP contribution in [0.4, 0.5) is 0 Å². The topological polar surface area (TPSA) is 43.6 Å². The van der Waals surface area contributed by atoms with E-state index in [-0.39, 0.29) is 6.04 Å². The predicted molar refractivity (Wildman–Crippen MR) is 91.9 cm³/mol. The Kier molecular flexibility index (Phi) is 6.53. The van der Waals surface area contributed by atoms with E-state index >= 15 is 0 Å². The highest BCUT2D eigenvalue weighted by molar-refractivity contribution is 5.44. The van der Waals surface area contributed by atoms with Crippen molar-refractivity contribution in [1.82, 2.24) is 5.32 Å². The molecular formula is C19H27NO3. The number of benzene rings is 1. The Hall–Kier alpha value is -1.94. The van der Waals surface area contributed by atoms with E-state index in [1.54, 1.807) is 6.26 Å². The second-order valence-electron chi connectivity index (χ2n) is 5.75. The van der Waals surface area contributed by atoms with Crippen LogP contribution in [0.15, 0.2) is 41.0 Å². The smallest absolute Gasteiger partial charge is 0.161 e. The van der Waals surface area contributed by atoms with Gasteiger partial charge in [-0.3, -0.25) is 0 Å². The van der Waals surface area contributed by atoms with Gasteiger partial charge in [-0.25, -0.2) is 0 Å². The van der Waals surface area contributed by atoms with Gasteiger partial charge < -0.3 is 19.2 Å². The molecule has 1 aromatic heterocycles. The van der Waals surface area contributed by atoms with E-state index in [4.69, 9.17) is 13.9 Å². The fourth-order valence-electron chi connectivity index (χ4n) is 2.62. The minimum atomic E-state index is 0.218. The molecule has 2 aromatic rings. The number of nitrogens with one attached hydrogen (secondary N) is 1. The first-order valence-electron chi connectivity index (χ1n) is 8.31. The molecule has 1 heterocycles. The summed E-state index contributed by atoms with van der Waals surface area (Å²) in [6, 6.07) is 10.3. The van der Waals surface area contributed by atoms with Crippen LogP contribution >= 0.6 is 0 Å². The first-order chi connectivity index (χ1) is 11.2. The molecule has 0 fully saturated rings.